The van der Waals surface area contributed by atoms with Crippen molar-refractivity contribution in [1.29, 1.82) is 0 Å². The summed E-state index contributed by atoms with van der Waals surface area (Å²) < 4.78 is 5.41. The highest BCUT2D eigenvalue weighted by molar-refractivity contribution is 5.91. The lowest BCUT2D eigenvalue weighted by Gasteiger charge is -2.22. The molecule has 0 atom stereocenters. The summed E-state index contributed by atoms with van der Waals surface area (Å²) in [6.45, 7) is 5.46. The Hall–Kier alpha value is -1.71. The number of carboxylic acid groups (broad SMARTS) is 1. The summed E-state index contributed by atoms with van der Waals surface area (Å²) in [5.74, 6) is -1.32. The normalized spacial score (nSPS) is 11.1. The van der Waals surface area contributed by atoms with Crippen LogP contribution in [-0.4, -0.2) is 21.8 Å². The van der Waals surface area contributed by atoms with E-state index in [4.69, 9.17) is 9.84 Å². The van der Waals surface area contributed by atoms with Crippen LogP contribution in [0.5, 0.6) is 11.5 Å². The lowest BCUT2D eigenvalue weighted by atomic mass is 10.1. The van der Waals surface area contributed by atoms with Gasteiger partial charge in [0.25, 0.3) is 0 Å². The number of aromatic hydroxyl groups is 1. The van der Waals surface area contributed by atoms with E-state index in [1.807, 2.05) is 20.8 Å². The van der Waals surface area contributed by atoms with E-state index < -0.39 is 11.6 Å². The summed E-state index contributed by atoms with van der Waals surface area (Å²) in [5.41, 5.74) is -0.633. The van der Waals surface area contributed by atoms with Gasteiger partial charge in [0.05, 0.1) is 0 Å². The second-order valence-corrected chi connectivity index (χ2v) is 4.17. The zero-order valence-electron chi connectivity index (χ0n) is 8.94. The molecule has 0 aliphatic carbocycles. The van der Waals surface area contributed by atoms with Crippen molar-refractivity contribution < 1.29 is 19.7 Å². The number of carboxylic acids is 1. The van der Waals surface area contributed by atoms with Gasteiger partial charge in [0.2, 0.25) is 0 Å². The Labute approximate surface area is 88.1 Å². The molecule has 1 rings (SSSR count). The lowest BCUT2D eigenvalue weighted by molar-refractivity contribution is 0.0689. The first-order valence-electron chi connectivity index (χ1n) is 4.55. The Balaban J connectivity index is 3.10. The first kappa shape index (κ1) is 11.4. The predicted octanol–water partition coefficient (Wildman–Crippen LogP) is 2.27. The lowest BCUT2D eigenvalue weighted by Crippen LogP contribution is -2.23. The van der Waals surface area contributed by atoms with Crippen molar-refractivity contribution in [2.24, 2.45) is 0 Å². The zero-order chi connectivity index (χ0) is 11.6. The van der Waals surface area contributed by atoms with Gasteiger partial charge in [-0.3, -0.25) is 0 Å². The molecule has 0 aliphatic heterocycles. The van der Waals surface area contributed by atoms with Crippen LogP contribution in [0.3, 0.4) is 0 Å². The minimum absolute atomic E-state index is 0.156. The molecule has 2 N–H and O–H groups in total. The number of hydrogen-bond donors (Lipinski definition) is 2. The molecule has 0 bridgehead atoms. The standard InChI is InChI=1S/C11H14O4/c1-11(2,3)15-8-6-4-5-7(9(8)12)10(13)14/h4-6,12H,1-3H3,(H,13,14). The zero-order valence-corrected chi connectivity index (χ0v) is 8.94. The van der Waals surface area contributed by atoms with E-state index in [-0.39, 0.29) is 17.1 Å². The van der Waals surface area contributed by atoms with E-state index in [1.165, 1.54) is 18.2 Å². The monoisotopic (exact) mass is 210 g/mol. The number of phenols is 1. The summed E-state index contributed by atoms with van der Waals surface area (Å²) >= 11 is 0. The highest BCUT2D eigenvalue weighted by Crippen LogP contribution is 2.32. The van der Waals surface area contributed by atoms with E-state index in [0.29, 0.717) is 0 Å². The fourth-order valence-corrected chi connectivity index (χ4v) is 1.11. The minimum atomic E-state index is -1.17. The van der Waals surface area contributed by atoms with Crippen LogP contribution in [0.4, 0.5) is 0 Å². The first-order chi connectivity index (χ1) is 6.81. The third-order valence-electron chi connectivity index (χ3n) is 1.65. The second kappa shape index (κ2) is 3.81. The average molecular weight is 210 g/mol. The topological polar surface area (TPSA) is 66.8 Å². The smallest absolute Gasteiger partial charge is 0.339 e. The molecule has 0 heterocycles. The molecule has 82 valence electrons. The van der Waals surface area contributed by atoms with E-state index >= 15 is 0 Å². The number of benzene rings is 1. The Morgan fingerprint density at radius 2 is 1.93 bits per heavy atom. The minimum Gasteiger partial charge on any atom is -0.504 e. The summed E-state index contributed by atoms with van der Waals surface area (Å²) in [5, 5.41) is 18.4. The molecule has 0 spiro atoms. The summed E-state index contributed by atoms with van der Waals surface area (Å²) in [7, 11) is 0. The van der Waals surface area contributed by atoms with Gasteiger partial charge in [-0.25, -0.2) is 4.79 Å². The van der Waals surface area contributed by atoms with E-state index in [2.05, 4.69) is 0 Å². The number of para-hydroxylation sites is 1. The number of rotatable bonds is 2. The molecule has 0 radical (unpaired) electrons. The van der Waals surface area contributed by atoms with Crippen molar-refractivity contribution in [1.82, 2.24) is 0 Å². The van der Waals surface area contributed by atoms with Gasteiger partial charge >= 0.3 is 5.97 Å². The van der Waals surface area contributed by atoms with E-state index in [1.54, 1.807) is 0 Å². The molecule has 0 saturated heterocycles. The molecule has 0 fully saturated rings. The van der Waals surface area contributed by atoms with Crippen LogP contribution in [0.25, 0.3) is 0 Å². The van der Waals surface area contributed by atoms with E-state index in [9.17, 15) is 9.90 Å². The summed E-state index contributed by atoms with van der Waals surface area (Å²) in [6.07, 6.45) is 0. The molecular formula is C11H14O4. The average Bonchev–Trinajstić information content (AvgIpc) is 2.05. The number of carbonyl (C=O) groups is 1. The molecule has 0 amide bonds. The number of aromatic carboxylic acids is 1. The van der Waals surface area contributed by atoms with Crippen molar-refractivity contribution in [3.05, 3.63) is 23.8 Å². The molecule has 0 aliphatic rings. The maximum Gasteiger partial charge on any atom is 0.339 e. The van der Waals surface area contributed by atoms with Crippen molar-refractivity contribution in [2.75, 3.05) is 0 Å². The van der Waals surface area contributed by atoms with Crippen molar-refractivity contribution >= 4 is 5.97 Å². The van der Waals surface area contributed by atoms with Crippen LogP contribution in [0.15, 0.2) is 18.2 Å². The number of ether oxygens (including phenoxy) is 1. The maximum atomic E-state index is 10.7. The third kappa shape index (κ3) is 2.87. The Morgan fingerprint density at radius 3 is 2.40 bits per heavy atom. The van der Waals surface area contributed by atoms with Gasteiger partial charge in [-0.05, 0) is 32.9 Å². The first-order valence-corrected chi connectivity index (χ1v) is 4.55. The SMILES string of the molecule is CC(C)(C)Oc1cccc(C(=O)O)c1O. The third-order valence-corrected chi connectivity index (χ3v) is 1.65. The van der Waals surface area contributed by atoms with Crippen LogP contribution in [0.1, 0.15) is 31.1 Å². The Morgan fingerprint density at radius 1 is 1.33 bits per heavy atom. The van der Waals surface area contributed by atoms with Gasteiger partial charge in [-0.1, -0.05) is 6.07 Å². The second-order valence-electron chi connectivity index (χ2n) is 4.17. The molecule has 15 heavy (non-hydrogen) atoms. The fourth-order valence-electron chi connectivity index (χ4n) is 1.11. The molecule has 1 aromatic carbocycles. The molecule has 0 unspecified atom stereocenters. The van der Waals surface area contributed by atoms with Crippen molar-refractivity contribution in [2.45, 2.75) is 26.4 Å². The van der Waals surface area contributed by atoms with Crippen molar-refractivity contribution in [3.8, 4) is 11.5 Å². The Bertz CT molecular complexity index is 377. The van der Waals surface area contributed by atoms with Gasteiger partial charge in [0.1, 0.15) is 11.2 Å². The van der Waals surface area contributed by atoms with E-state index in [0.717, 1.165) is 0 Å². The van der Waals surface area contributed by atoms with Crippen LogP contribution in [-0.2, 0) is 0 Å². The van der Waals surface area contributed by atoms with Gasteiger partial charge in [-0.15, -0.1) is 0 Å². The van der Waals surface area contributed by atoms with Crippen LogP contribution in [0, 0.1) is 0 Å². The van der Waals surface area contributed by atoms with Gasteiger partial charge < -0.3 is 14.9 Å². The van der Waals surface area contributed by atoms with Gasteiger partial charge in [0.15, 0.2) is 11.5 Å². The highest BCUT2D eigenvalue weighted by atomic mass is 16.5. The molecule has 0 saturated carbocycles. The molecule has 4 heteroatoms. The highest BCUT2D eigenvalue weighted by Gasteiger charge is 2.18. The summed E-state index contributed by atoms with van der Waals surface area (Å²) in [6, 6.07) is 4.39. The van der Waals surface area contributed by atoms with Crippen LogP contribution >= 0.6 is 0 Å². The molecule has 0 aromatic heterocycles. The molecule has 1 aromatic rings. The molecular weight excluding hydrogens is 196 g/mol. The fraction of sp³-hybridized carbons (Fsp3) is 0.364. The van der Waals surface area contributed by atoms with Gasteiger partial charge in [-0.2, -0.15) is 0 Å². The summed E-state index contributed by atoms with van der Waals surface area (Å²) in [4.78, 5) is 10.7. The van der Waals surface area contributed by atoms with Gasteiger partial charge in [0, 0.05) is 0 Å². The van der Waals surface area contributed by atoms with Crippen LogP contribution in [0.2, 0.25) is 0 Å². The molecule has 4 nitrogen and oxygen atoms in total. The maximum absolute atomic E-state index is 10.7. The number of hydrogen-bond acceptors (Lipinski definition) is 3. The van der Waals surface area contributed by atoms with Crippen molar-refractivity contribution in [3.63, 3.8) is 0 Å². The Kier molecular flexibility index (Phi) is 2.88. The largest absolute Gasteiger partial charge is 0.504 e. The van der Waals surface area contributed by atoms with Crippen LogP contribution < -0.4 is 4.74 Å². The predicted molar refractivity (Wildman–Crippen MR) is 55.4 cm³/mol. The quantitative estimate of drug-likeness (QED) is 0.785.